The monoisotopic (exact) mass is 314 g/mol. The number of nitrogens with zero attached hydrogens (tertiary/aromatic N) is 2. The van der Waals surface area contributed by atoms with Crippen LogP contribution in [0.4, 0.5) is 0 Å². The van der Waals surface area contributed by atoms with Crippen LogP contribution in [0.2, 0.25) is 0 Å². The van der Waals surface area contributed by atoms with Crippen molar-refractivity contribution in [3.05, 3.63) is 35.4 Å². The molecule has 1 aromatic rings. The Balaban J connectivity index is 1.57. The molecule has 1 fully saturated rings. The number of morpholine rings is 1. The minimum Gasteiger partial charge on any atom is -0.379 e. The molecule has 0 radical (unpaired) electrons. The minimum atomic E-state index is -0.712. The highest BCUT2D eigenvalue weighted by Crippen LogP contribution is 2.27. The lowest BCUT2D eigenvalue weighted by atomic mass is 9.99. The van der Waals surface area contributed by atoms with Gasteiger partial charge in [0.15, 0.2) is 11.6 Å². The van der Waals surface area contributed by atoms with Crippen LogP contribution in [0, 0.1) is 5.92 Å². The molecule has 5 heteroatoms. The van der Waals surface area contributed by atoms with Crippen molar-refractivity contribution in [2.75, 3.05) is 39.4 Å². The molecule has 1 aromatic carbocycles. The fraction of sp³-hybridized carbons (Fsp3) is 0.500. The highest BCUT2D eigenvalue weighted by atomic mass is 16.5. The van der Waals surface area contributed by atoms with E-state index >= 15 is 0 Å². The molecular weight excluding hydrogens is 292 g/mol. The van der Waals surface area contributed by atoms with Crippen LogP contribution in [0.1, 0.15) is 34.1 Å². The van der Waals surface area contributed by atoms with E-state index < -0.39 is 5.92 Å². The zero-order valence-electron chi connectivity index (χ0n) is 13.5. The van der Waals surface area contributed by atoms with Crippen LogP contribution in [0.25, 0.3) is 0 Å². The van der Waals surface area contributed by atoms with E-state index in [4.69, 9.17) is 4.74 Å². The minimum absolute atomic E-state index is 0.111. The van der Waals surface area contributed by atoms with Crippen LogP contribution in [0.15, 0.2) is 29.3 Å². The van der Waals surface area contributed by atoms with Gasteiger partial charge < -0.3 is 4.74 Å². The van der Waals surface area contributed by atoms with Crippen molar-refractivity contribution < 1.29 is 14.3 Å². The highest BCUT2D eigenvalue weighted by Gasteiger charge is 2.39. The number of fused-ring (bicyclic) bond motifs is 1. The SMILES string of the molecule is CC(=NCCCN1CCOCC1)C1C(=O)c2ccccc2C1=O. The summed E-state index contributed by atoms with van der Waals surface area (Å²) in [5.41, 5.74) is 1.70. The number of carbonyl (C=O) groups excluding carboxylic acids is 2. The smallest absolute Gasteiger partial charge is 0.180 e. The van der Waals surface area contributed by atoms with Gasteiger partial charge in [-0.15, -0.1) is 0 Å². The Hall–Kier alpha value is -1.85. The molecule has 0 amide bonds. The molecule has 5 nitrogen and oxygen atoms in total. The Morgan fingerprint density at radius 2 is 1.78 bits per heavy atom. The third-order valence-corrected chi connectivity index (χ3v) is 4.50. The molecule has 3 rings (SSSR count). The van der Waals surface area contributed by atoms with E-state index in [2.05, 4.69) is 9.89 Å². The Kier molecular flexibility index (Phi) is 4.98. The molecule has 1 heterocycles. The van der Waals surface area contributed by atoms with E-state index in [1.54, 1.807) is 31.2 Å². The Morgan fingerprint density at radius 3 is 2.39 bits per heavy atom. The van der Waals surface area contributed by atoms with E-state index in [0.717, 1.165) is 39.3 Å². The highest BCUT2D eigenvalue weighted by molar-refractivity contribution is 6.36. The third kappa shape index (κ3) is 3.41. The molecule has 0 spiro atoms. The summed E-state index contributed by atoms with van der Waals surface area (Å²) in [6, 6.07) is 7.03. The second-order valence-corrected chi connectivity index (χ2v) is 6.04. The van der Waals surface area contributed by atoms with Gasteiger partial charge in [0, 0.05) is 43.0 Å². The molecule has 2 aliphatic rings. The number of Topliss-reactive ketones (excluding diaryl/α,β-unsaturated/α-hetero) is 2. The standard InChI is InChI=1S/C18H22N2O3/c1-13(19-7-4-8-20-9-11-23-12-10-20)16-17(21)14-5-2-3-6-15(14)18(16)22/h2-3,5-6,16H,4,7-12H2,1H3. The van der Waals surface area contributed by atoms with Crippen LogP contribution in [-0.4, -0.2) is 61.6 Å². The molecule has 1 aliphatic heterocycles. The van der Waals surface area contributed by atoms with Crippen molar-refractivity contribution in [3.8, 4) is 0 Å². The summed E-state index contributed by atoms with van der Waals surface area (Å²) >= 11 is 0. The number of rotatable bonds is 5. The first-order valence-electron chi connectivity index (χ1n) is 8.17. The fourth-order valence-electron chi connectivity index (χ4n) is 3.19. The summed E-state index contributed by atoms with van der Waals surface area (Å²) in [5.74, 6) is -0.934. The first-order valence-corrected chi connectivity index (χ1v) is 8.17. The molecule has 0 unspecified atom stereocenters. The normalized spacial score (nSPS) is 20.1. The number of carbonyl (C=O) groups is 2. The van der Waals surface area contributed by atoms with Gasteiger partial charge in [0.05, 0.1) is 13.2 Å². The Morgan fingerprint density at radius 1 is 1.17 bits per heavy atom. The number of aliphatic imine (C=N–C) groups is 1. The van der Waals surface area contributed by atoms with E-state index in [1.807, 2.05) is 0 Å². The predicted molar refractivity (Wildman–Crippen MR) is 88.4 cm³/mol. The largest absolute Gasteiger partial charge is 0.379 e. The average molecular weight is 314 g/mol. The van der Waals surface area contributed by atoms with Crippen molar-refractivity contribution in [1.82, 2.24) is 4.90 Å². The van der Waals surface area contributed by atoms with Crippen molar-refractivity contribution in [2.45, 2.75) is 13.3 Å². The van der Waals surface area contributed by atoms with E-state index in [1.165, 1.54) is 0 Å². The lowest BCUT2D eigenvalue weighted by Crippen LogP contribution is -2.37. The molecule has 0 atom stereocenters. The zero-order valence-corrected chi connectivity index (χ0v) is 13.5. The molecular formula is C18H22N2O3. The summed E-state index contributed by atoms with van der Waals surface area (Å²) in [6.07, 6.45) is 0.930. The van der Waals surface area contributed by atoms with Gasteiger partial charge in [0.1, 0.15) is 5.92 Å². The number of hydrogen-bond donors (Lipinski definition) is 0. The van der Waals surface area contributed by atoms with Crippen LogP contribution >= 0.6 is 0 Å². The zero-order chi connectivity index (χ0) is 16.2. The van der Waals surface area contributed by atoms with Gasteiger partial charge in [-0.25, -0.2) is 0 Å². The molecule has 122 valence electrons. The van der Waals surface area contributed by atoms with Crippen LogP contribution in [0.3, 0.4) is 0 Å². The predicted octanol–water partition coefficient (Wildman–Crippen LogP) is 1.86. The lowest BCUT2D eigenvalue weighted by Gasteiger charge is -2.26. The molecule has 0 aromatic heterocycles. The summed E-state index contributed by atoms with van der Waals surface area (Å²) < 4.78 is 5.32. The van der Waals surface area contributed by atoms with Gasteiger partial charge in [-0.3, -0.25) is 19.5 Å². The fourth-order valence-corrected chi connectivity index (χ4v) is 3.19. The summed E-state index contributed by atoms with van der Waals surface area (Å²) in [5, 5.41) is 0. The summed E-state index contributed by atoms with van der Waals surface area (Å²) in [6.45, 7) is 6.96. The molecule has 0 N–H and O–H groups in total. The van der Waals surface area contributed by atoms with Gasteiger partial charge in [0.25, 0.3) is 0 Å². The third-order valence-electron chi connectivity index (χ3n) is 4.50. The second-order valence-electron chi connectivity index (χ2n) is 6.04. The summed E-state index contributed by atoms with van der Waals surface area (Å²) in [4.78, 5) is 31.7. The molecule has 23 heavy (non-hydrogen) atoms. The summed E-state index contributed by atoms with van der Waals surface area (Å²) in [7, 11) is 0. The van der Waals surface area contributed by atoms with Gasteiger partial charge in [-0.2, -0.15) is 0 Å². The van der Waals surface area contributed by atoms with Crippen molar-refractivity contribution >= 4 is 17.3 Å². The molecule has 1 aliphatic carbocycles. The van der Waals surface area contributed by atoms with Crippen molar-refractivity contribution in [3.63, 3.8) is 0 Å². The van der Waals surface area contributed by atoms with Crippen molar-refractivity contribution in [2.24, 2.45) is 10.9 Å². The van der Waals surface area contributed by atoms with Crippen LogP contribution in [0.5, 0.6) is 0 Å². The molecule has 0 saturated carbocycles. The van der Waals surface area contributed by atoms with Gasteiger partial charge >= 0.3 is 0 Å². The first-order chi connectivity index (χ1) is 11.2. The topological polar surface area (TPSA) is 59.0 Å². The number of benzene rings is 1. The number of ether oxygens (including phenoxy) is 1. The number of hydrogen-bond acceptors (Lipinski definition) is 5. The van der Waals surface area contributed by atoms with Crippen LogP contribution < -0.4 is 0 Å². The number of ketones is 2. The van der Waals surface area contributed by atoms with Gasteiger partial charge in [-0.05, 0) is 13.3 Å². The lowest BCUT2D eigenvalue weighted by molar-refractivity contribution is 0.0377. The van der Waals surface area contributed by atoms with Crippen LogP contribution in [-0.2, 0) is 4.74 Å². The first kappa shape index (κ1) is 16.0. The Bertz CT molecular complexity index is 598. The van der Waals surface area contributed by atoms with E-state index in [9.17, 15) is 9.59 Å². The quantitative estimate of drug-likeness (QED) is 0.473. The second kappa shape index (κ2) is 7.15. The van der Waals surface area contributed by atoms with E-state index in [0.29, 0.717) is 23.4 Å². The Labute approximate surface area is 136 Å². The maximum absolute atomic E-state index is 12.4. The maximum atomic E-state index is 12.4. The van der Waals surface area contributed by atoms with E-state index in [-0.39, 0.29) is 11.6 Å². The van der Waals surface area contributed by atoms with Gasteiger partial charge in [0.2, 0.25) is 0 Å². The average Bonchev–Trinajstić information content (AvgIpc) is 2.84. The molecule has 1 saturated heterocycles. The van der Waals surface area contributed by atoms with Gasteiger partial charge in [-0.1, -0.05) is 24.3 Å². The van der Waals surface area contributed by atoms with Crippen molar-refractivity contribution in [1.29, 1.82) is 0 Å². The molecule has 0 bridgehead atoms. The maximum Gasteiger partial charge on any atom is 0.180 e.